The molecule has 3 rings (SSSR count). The molecule has 1 unspecified atom stereocenters. The molecular weight excluding hydrogens is 292 g/mol. The molecule has 5 heteroatoms. The number of carbonyl (C=O) groups is 1. The Bertz CT molecular complexity index is 681. The largest absolute Gasteiger partial charge is 0.491 e. The average molecular weight is 312 g/mol. The number of ether oxygens (including phenoxy) is 2. The van der Waals surface area contributed by atoms with Gasteiger partial charge in [-0.3, -0.25) is 4.79 Å². The summed E-state index contributed by atoms with van der Waals surface area (Å²) in [5, 5.41) is 2.79. The number of aryl methyl sites for hydroxylation is 1. The van der Waals surface area contributed by atoms with Gasteiger partial charge in [0.15, 0.2) is 0 Å². The summed E-state index contributed by atoms with van der Waals surface area (Å²) in [4.78, 5) is 16.6. The topological polar surface area (TPSA) is 60.5 Å². The van der Waals surface area contributed by atoms with Crippen LogP contribution < -0.4 is 10.1 Å². The lowest BCUT2D eigenvalue weighted by molar-refractivity contribution is 0.0679. The van der Waals surface area contributed by atoms with Crippen molar-refractivity contribution in [2.45, 2.75) is 25.9 Å². The van der Waals surface area contributed by atoms with Crippen LogP contribution in [0.15, 0.2) is 42.5 Å². The molecule has 1 aliphatic rings. The van der Waals surface area contributed by atoms with Crippen molar-refractivity contribution in [3.63, 3.8) is 0 Å². The Morgan fingerprint density at radius 2 is 2.22 bits per heavy atom. The smallest absolute Gasteiger partial charge is 0.256 e. The van der Waals surface area contributed by atoms with Crippen molar-refractivity contribution < 1.29 is 14.3 Å². The van der Waals surface area contributed by atoms with E-state index in [1.807, 2.05) is 31.2 Å². The maximum Gasteiger partial charge on any atom is 0.256 e. The van der Waals surface area contributed by atoms with Crippen LogP contribution in [0, 0.1) is 6.92 Å². The molecule has 1 fully saturated rings. The maximum atomic E-state index is 12.3. The van der Waals surface area contributed by atoms with Crippen LogP contribution in [0.2, 0.25) is 0 Å². The predicted molar refractivity (Wildman–Crippen MR) is 87.8 cm³/mol. The van der Waals surface area contributed by atoms with Crippen LogP contribution in [0.4, 0.5) is 5.82 Å². The van der Waals surface area contributed by atoms with Crippen LogP contribution in [-0.4, -0.2) is 30.2 Å². The van der Waals surface area contributed by atoms with E-state index in [2.05, 4.69) is 10.3 Å². The van der Waals surface area contributed by atoms with Crippen molar-refractivity contribution in [2.24, 2.45) is 0 Å². The van der Waals surface area contributed by atoms with E-state index in [-0.39, 0.29) is 12.0 Å². The van der Waals surface area contributed by atoms with Gasteiger partial charge in [0.25, 0.3) is 5.91 Å². The van der Waals surface area contributed by atoms with Crippen LogP contribution in [0.3, 0.4) is 0 Å². The average Bonchev–Trinajstić information content (AvgIpc) is 3.07. The molecular formula is C18H20N2O3. The molecule has 1 amide bonds. The van der Waals surface area contributed by atoms with Crippen LogP contribution in [0.1, 0.15) is 28.9 Å². The second-order valence-electron chi connectivity index (χ2n) is 5.59. The third kappa shape index (κ3) is 4.29. The van der Waals surface area contributed by atoms with Gasteiger partial charge in [0.05, 0.1) is 6.10 Å². The van der Waals surface area contributed by atoms with Crippen molar-refractivity contribution in [1.29, 1.82) is 0 Å². The molecule has 0 bridgehead atoms. The molecule has 1 N–H and O–H groups in total. The number of aromatic nitrogens is 1. The van der Waals surface area contributed by atoms with E-state index in [4.69, 9.17) is 9.47 Å². The summed E-state index contributed by atoms with van der Waals surface area (Å²) in [7, 11) is 0. The summed E-state index contributed by atoms with van der Waals surface area (Å²) in [5.74, 6) is 1.01. The minimum atomic E-state index is -0.203. The van der Waals surface area contributed by atoms with Crippen molar-refractivity contribution >= 4 is 11.7 Å². The molecule has 1 aromatic carbocycles. The SMILES string of the molecule is Cc1cccc(NC(=O)c2cccc(OCC3CCCO3)c2)n1. The zero-order chi connectivity index (χ0) is 16.1. The molecule has 0 saturated carbocycles. The van der Waals surface area contributed by atoms with Crippen molar-refractivity contribution in [1.82, 2.24) is 4.98 Å². The summed E-state index contributed by atoms with van der Waals surface area (Å²) in [5.41, 5.74) is 1.40. The van der Waals surface area contributed by atoms with E-state index in [9.17, 15) is 4.79 Å². The number of hydrogen-bond acceptors (Lipinski definition) is 4. The molecule has 2 aromatic rings. The van der Waals surface area contributed by atoms with Gasteiger partial charge < -0.3 is 14.8 Å². The van der Waals surface area contributed by atoms with Gasteiger partial charge in [0.1, 0.15) is 18.2 Å². The van der Waals surface area contributed by atoms with Crippen LogP contribution in [-0.2, 0) is 4.74 Å². The molecule has 1 saturated heterocycles. The predicted octanol–water partition coefficient (Wildman–Crippen LogP) is 3.20. The Balaban J connectivity index is 1.62. The highest BCUT2D eigenvalue weighted by molar-refractivity contribution is 6.03. The molecule has 0 aliphatic carbocycles. The fraction of sp³-hybridized carbons (Fsp3) is 0.333. The molecule has 1 aliphatic heterocycles. The zero-order valence-electron chi connectivity index (χ0n) is 13.1. The first-order valence-corrected chi connectivity index (χ1v) is 7.80. The standard InChI is InChI=1S/C18H20N2O3/c1-13-5-2-9-17(19-13)20-18(21)14-6-3-7-15(11-14)23-12-16-8-4-10-22-16/h2-3,5-7,9,11,16H,4,8,10,12H2,1H3,(H,19,20,21). The molecule has 5 nitrogen and oxygen atoms in total. The molecule has 1 aromatic heterocycles. The Hall–Kier alpha value is -2.40. The van der Waals surface area contributed by atoms with Gasteiger partial charge in [-0.05, 0) is 50.1 Å². The van der Waals surface area contributed by atoms with E-state index >= 15 is 0 Å². The maximum absolute atomic E-state index is 12.3. The van der Waals surface area contributed by atoms with E-state index in [1.165, 1.54) is 0 Å². The zero-order valence-corrected chi connectivity index (χ0v) is 13.1. The number of nitrogens with one attached hydrogen (secondary N) is 1. The van der Waals surface area contributed by atoms with E-state index < -0.39 is 0 Å². The van der Waals surface area contributed by atoms with Crippen molar-refractivity contribution in [2.75, 3.05) is 18.5 Å². The first-order valence-electron chi connectivity index (χ1n) is 7.80. The van der Waals surface area contributed by atoms with Crippen LogP contribution in [0.25, 0.3) is 0 Å². The Morgan fingerprint density at radius 3 is 3.00 bits per heavy atom. The Kier molecular flexibility index (Phi) is 4.88. The molecule has 120 valence electrons. The molecule has 2 heterocycles. The van der Waals surface area contributed by atoms with Gasteiger partial charge in [0, 0.05) is 17.9 Å². The van der Waals surface area contributed by atoms with Gasteiger partial charge >= 0.3 is 0 Å². The minimum absolute atomic E-state index is 0.156. The number of nitrogens with zero attached hydrogens (tertiary/aromatic N) is 1. The van der Waals surface area contributed by atoms with E-state index in [0.29, 0.717) is 23.7 Å². The number of carbonyl (C=O) groups excluding carboxylic acids is 1. The highest BCUT2D eigenvalue weighted by Crippen LogP contribution is 2.18. The van der Waals surface area contributed by atoms with E-state index in [1.54, 1.807) is 18.2 Å². The minimum Gasteiger partial charge on any atom is -0.491 e. The number of rotatable bonds is 5. The first kappa shape index (κ1) is 15.5. The summed E-state index contributed by atoms with van der Waals surface area (Å²) >= 11 is 0. The molecule has 0 radical (unpaired) electrons. The lowest BCUT2D eigenvalue weighted by Crippen LogP contribution is -2.17. The fourth-order valence-electron chi connectivity index (χ4n) is 2.49. The monoisotopic (exact) mass is 312 g/mol. The molecule has 0 spiro atoms. The Labute approximate surface area is 135 Å². The summed E-state index contributed by atoms with van der Waals surface area (Å²) < 4.78 is 11.3. The second-order valence-corrected chi connectivity index (χ2v) is 5.59. The third-order valence-electron chi connectivity index (χ3n) is 3.69. The van der Waals surface area contributed by atoms with Crippen LogP contribution in [0.5, 0.6) is 5.75 Å². The molecule has 1 atom stereocenters. The highest BCUT2D eigenvalue weighted by Gasteiger charge is 2.16. The Morgan fingerprint density at radius 1 is 1.35 bits per heavy atom. The first-order chi connectivity index (χ1) is 11.2. The number of benzene rings is 1. The number of anilines is 1. The van der Waals surface area contributed by atoms with Crippen molar-refractivity contribution in [3.05, 3.63) is 53.7 Å². The second kappa shape index (κ2) is 7.24. The van der Waals surface area contributed by atoms with Gasteiger partial charge in [0.2, 0.25) is 0 Å². The van der Waals surface area contributed by atoms with Gasteiger partial charge in [-0.1, -0.05) is 12.1 Å². The quantitative estimate of drug-likeness (QED) is 0.921. The number of amides is 1. The van der Waals surface area contributed by atoms with E-state index in [0.717, 1.165) is 25.1 Å². The highest BCUT2D eigenvalue weighted by atomic mass is 16.5. The lowest BCUT2D eigenvalue weighted by atomic mass is 10.2. The summed E-state index contributed by atoms with van der Waals surface area (Å²) in [6.07, 6.45) is 2.27. The number of pyridine rings is 1. The molecule has 23 heavy (non-hydrogen) atoms. The van der Waals surface area contributed by atoms with Crippen molar-refractivity contribution in [3.8, 4) is 5.75 Å². The van der Waals surface area contributed by atoms with Gasteiger partial charge in [-0.2, -0.15) is 0 Å². The van der Waals surface area contributed by atoms with Gasteiger partial charge in [-0.25, -0.2) is 4.98 Å². The van der Waals surface area contributed by atoms with Gasteiger partial charge in [-0.15, -0.1) is 0 Å². The summed E-state index contributed by atoms with van der Waals surface area (Å²) in [6.45, 7) is 3.21. The lowest BCUT2D eigenvalue weighted by Gasteiger charge is -2.12. The number of hydrogen-bond donors (Lipinski definition) is 1. The van der Waals surface area contributed by atoms with Crippen LogP contribution >= 0.6 is 0 Å². The fourth-order valence-corrected chi connectivity index (χ4v) is 2.49. The normalized spacial score (nSPS) is 17.0. The third-order valence-corrected chi connectivity index (χ3v) is 3.69. The summed E-state index contributed by atoms with van der Waals surface area (Å²) in [6, 6.07) is 12.7.